The maximum atomic E-state index is 14.4. The third-order valence-corrected chi connectivity index (χ3v) is 12.0. The molecule has 0 aromatic carbocycles. The standard InChI is InChI=1S/C54H91NO17/c1-10-12-14-16-18-20-22-24-26-28-30-32-34-46(66-39(4)57)49(68-41(6)59)45(55-53(63)47(67-40(5)58)35-33-31-29-27-25-23-21-19-17-15-13-11-2)36-65-54-52(71-44(9)62)51(70-43(8)61)50(69-42(7)60)48(72-54)37-64-38(3)56/h26,28,45-52,54H,10-25,27,29-37H2,1-9H3,(H,55,63)/b28-26-/t45-,46+,47?,48+,49-,50+,51-,52+,54+/m0/s1. The van der Waals surface area contributed by atoms with Crippen molar-refractivity contribution < 1.29 is 81.0 Å². The Bertz CT molecular complexity index is 1620. The smallest absolute Gasteiger partial charge is 0.303 e. The maximum absolute atomic E-state index is 14.4. The molecule has 0 bridgehead atoms. The molecule has 0 spiro atoms. The second-order valence-electron chi connectivity index (χ2n) is 18.8. The van der Waals surface area contributed by atoms with Crippen molar-refractivity contribution in [2.45, 2.75) is 271 Å². The summed E-state index contributed by atoms with van der Waals surface area (Å²) in [7, 11) is 0. The van der Waals surface area contributed by atoms with Gasteiger partial charge < -0.3 is 47.9 Å². The molecule has 0 aromatic rings. The number of rotatable bonds is 40. The number of hydrogen-bond donors (Lipinski definition) is 1. The van der Waals surface area contributed by atoms with Crippen LogP contribution in [0.15, 0.2) is 12.2 Å². The molecule has 1 aliphatic rings. The van der Waals surface area contributed by atoms with Crippen LogP contribution >= 0.6 is 0 Å². The lowest BCUT2D eigenvalue weighted by atomic mass is 9.97. The van der Waals surface area contributed by atoms with Gasteiger partial charge in [-0.1, -0.05) is 135 Å². The largest absolute Gasteiger partial charge is 0.463 e. The minimum Gasteiger partial charge on any atom is -0.463 e. The third kappa shape index (κ3) is 31.1. The van der Waals surface area contributed by atoms with E-state index in [0.29, 0.717) is 19.3 Å². The van der Waals surface area contributed by atoms with E-state index in [-0.39, 0.29) is 12.8 Å². The van der Waals surface area contributed by atoms with Crippen molar-refractivity contribution in [1.82, 2.24) is 5.32 Å². The molecular weight excluding hydrogens is 935 g/mol. The number of ether oxygens (including phenoxy) is 9. The molecule has 1 N–H and O–H groups in total. The van der Waals surface area contributed by atoms with Crippen LogP contribution in [0.1, 0.15) is 216 Å². The van der Waals surface area contributed by atoms with E-state index in [1.165, 1.54) is 90.9 Å². The van der Waals surface area contributed by atoms with Gasteiger partial charge in [-0.25, -0.2) is 0 Å². The molecule has 0 aliphatic carbocycles. The molecular formula is C54H91NO17. The normalized spacial score (nSPS) is 19.3. The predicted molar refractivity (Wildman–Crippen MR) is 268 cm³/mol. The predicted octanol–water partition coefficient (Wildman–Crippen LogP) is 9.32. The van der Waals surface area contributed by atoms with E-state index in [9.17, 15) is 38.4 Å². The average Bonchev–Trinajstić information content (AvgIpc) is 3.29. The van der Waals surface area contributed by atoms with Crippen LogP contribution in [-0.2, 0) is 81.0 Å². The first-order valence-electron chi connectivity index (χ1n) is 26.8. The minimum absolute atomic E-state index is 0.174. The lowest BCUT2D eigenvalue weighted by Crippen LogP contribution is -2.63. The highest BCUT2D eigenvalue weighted by Gasteiger charge is 2.53. The Morgan fingerprint density at radius 1 is 0.486 bits per heavy atom. The number of allylic oxidation sites excluding steroid dienone is 2. The minimum atomic E-state index is -1.68. The quantitative estimate of drug-likeness (QED) is 0.0261. The Kier molecular flexibility index (Phi) is 36.2. The van der Waals surface area contributed by atoms with Crippen LogP contribution in [0.5, 0.6) is 0 Å². The van der Waals surface area contributed by atoms with Crippen LogP contribution in [0.2, 0.25) is 0 Å². The molecule has 1 aliphatic heterocycles. The van der Waals surface area contributed by atoms with Gasteiger partial charge in [-0.2, -0.15) is 0 Å². The Labute approximate surface area is 429 Å². The summed E-state index contributed by atoms with van der Waals surface area (Å²) >= 11 is 0. The number of esters is 7. The van der Waals surface area contributed by atoms with Gasteiger partial charge in [-0.15, -0.1) is 0 Å². The fraction of sp³-hybridized carbons (Fsp3) is 0.815. The van der Waals surface area contributed by atoms with Crippen molar-refractivity contribution in [3.8, 4) is 0 Å². The van der Waals surface area contributed by atoms with Crippen molar-refractivity contribution >= 4 is 47.7 Å². The molecule has 0 aromatic heterocycles. The summed E-state index contributed by atoms with van der Waals surface area (Å²) in [5.74, 6) is -6.21. The van der Waals surface area contributed by atoms with Gasteiger partial charge in [0, 0.05) is 48.5 Å². The molecule has 0 radical (unpaired) electrons. The van der Waals surface area contributed by atoms with E-state index in [1.54, 1.807) is 0 Å². The van der Waals surface area contributed by atoms with E-state index in [1.807, 2.05) is 0 Å². The SMILES string of the molecule is CCCCCCCCC/C=C\CCC[C@@H](OC(C)=O)[C@@H](OC(C)=O)[C@H](CO[C@@H]1O[C@H](COC(C)=O)[C@@H](OC(C)=O)[C@H](OC(C)=O)[C@H]1OC(C)=O)NC(=O)C(CCCCCCCCCCCCCC)OC(C)=O. The van der Waals surface area contributed by atoms with Crippen molar-refractivity contribution in [3.05, 3.63) is 12.2 Å². The Balaban J connectivity index is 3.59. The molecule has 1 saturated heterocycles. The lowest BCUT2D eigenvalue weighted by molar-refractivity contribution is -0.310. The maximum Gasteiger partial charge on any atom is 0.303 e. The fourth-order valence-corrected chi connectivity index (χ4v) is 8.63. The summed E-state index contributed by atoms with van der Waals surface area (Å²) in [6.07, 6.45) is 16.4. The number of carbonyl (C=O) groups is 8. The van der Waals surface area contributed by atoms with Crippen molar-refractivity contribution in [1.29, 1.82) is 0 Å². The summed E-state index contributed by atoms with van der Waals surface area (Å²) in [6.45, 7) is 11.2. The zero-order valence-electron chi connectivity index (χ0n) is 45.2. The highest BCUT2D eigenvalue weighted by atomic mass is 16.7. The van der Waals surface area contributed by atoms with Gasteiger partial charge >= 0.3 is 41.8 Å². The average molecular weight is 1030 g/mol. The fourth-order valence-electron chi connectivity index (χ4n) is 8.63. The molecule has 1 rings (SSSR count). The number of unbranched alkanes of at least 4 members (excludes halogenated alkanes) is 19. The van der Waals surface area contributed by atoms with E-state index < -0.39 is 116 Å². The highest BCUT2D eigenvalue weighted by Crippen LogP contribution is 2.31. The van der Waals surface area contributed by atoms with Crippen molar-refractivity contribution in [2.75, 3.05) is 13.2 Å². The van der Waals surface area contributed by atoms with Gasteiger partial charge in [0.05, 0.1) is 12.6 Å². The molecule has 72 heavy (non-hydrogen) atoms. The van der Waals surface area contributed by atoms with Gasteiger partial charge in [0.2, 0.25) is 0 Å². The summed E-state index contributed by atoms with van der Waals surface area (Å²) in [4.78, 5) is 102. The second kappa shape index (κ2) is 39.9. The topological polar surface area (TPSA) is 232 Å². The summed E-state index contributed by atoms with van der Waals surface area (Å²) in [6, 6.07) is -1.37. The van der Waals surface area contributed by atoms with E-state index in [0.717, 1.165) is 79.6 Å². The Hall–Kier alpha value is -4.58. The number of carbonyl (C=O) groups excluding carboxylic acids is 8. The first-order valence-corrected chi connectivity index (χ1v) is 26.8. The Morgan fingerprint density at radius 3 is 1.43 bits per heavy atom. The Morgan fingerprint density at radius 2 is 0.944 bits per heavy atom. The molecule has 0 saturated carbocycles. The van der Waals surface area contributed by atoms with Crippen molar-refractivity contribution in [2.24, 2.45) is 0 Å². The molecule has 1 unspecified atom stereocenters. The molecule has 18 nitrogen and oxygen atoms in total. The summed E-state index contributed by atoms with van der Waals surface area (Å²) in [5, 5.41) is 2.83. The molecule has 414 valence electrons. The monoisotopic (exact) mass is 1030 g/mol. The van der Waals surface area contributed by atoms with Crippen LogP contribution in [0, 0.1) is 0 Å². The zero-order valence-corrected chi connectivity index (χ0v) is 45.2. The van der Waals surface area contributed by atoms with Crippen LogP contribution in [0.4, 0.5) is 0 Å². The first-order chi connectivity index (χ1) is 34.4. The van der Waals surface area contributed by atoms with Crippen LogP contribution in [-0.4, -0.2) is 116 Å². The molecule has 9 atom stereocenters. The number of hydrogen-bond acceptors (Lipinski definition) is 17. The number of amides is 1. The molecule has 1 heterocycles. The lowest BCUT2D eigenvalue weighted by Gasteiger charge is -2.44. The van der Waals surface area contributed by atoms with E-state index >= 15 is 0 Å². The second-order valence-corrected chi connectivity index (χ2v) is 18.8. The van der Waals surface area contributed by atoms with E-state index in [2.05, 4.69) is 31.3 Å². The van der Waals surface area contributed by atoms with Gasteiger partial charge in [-0.05, 0) is 44.9 Å². The third-order valence-electron chi connectivity index (χ3n) is 12.0. The van der Waals surface area contributed by atoms with Gasteiger partial charge in [0.15, 0.2) is 36.8 Å². The molecule has 1 fully saturated rings. The summed E-state index contributed by atoms with van der Waals surface area (Å²) < 4.78 is 51.6. The van der Waals surface area contributed by atoms with Gasteiger partial charge in [0.25, 0.3) is 5.91 Å². The van der Waals surface area contributed by atoms with Crippen molar-refractivity contribution in [3.63, 3.8) is 0 Å². The van der Waals surface area contributed by atoms with Crippen LogP contribution in [0.3, 0.4) is 0 Å². The summed E-state index contributed by atoms with van der Waals surface area (Å²) in [5.41, 5.74) is 0. The number of nitrogens with one attached hydrogen (secondary N) is 1. The molecule has 18 heteroatoms. The van der Waals surface area contributed by atoms with Gasteiger partial charge in [0.1, 0.15) is 18.8 Å². The van der Waals surface area contributed by atoms with Gasteiger partial charge in [-0.3, -0.25) is 38.4 Å². The van der Waals surface area contributed by atoms with E-state index in [4.69, 9.17) is 42.6 Å². The van der Waals surface area contributed by atoms with Crippen LogP contribution < -0.4 is 5.32 Å². The zero-order chi connectivity index (χ0) is 53.7. The first kappa shape index (κ1) is 65.4. The molecule has 1 amide bonds. The highest BCUT2D eigenvalue weighted by molar-refractivity contribution is 5.83. The van der Waals surface area contributed by atoms with Crippen LogP contribution in [0.25, 0.3) is 0 Å².